The van der Waals surface area contributed by atoms with Crippen LogP contribution in [0.4, 0.5) is 5.69 Å². The Bertz CT molecular complexity index is 281. The van der Waals surface area contributed by atoms with Crippen LogP contribution in [0.2, 0.25) is 0 Å². The van der Waals surface area contributed by atoms with Crippen molar-refractivity contribution in [1.29, 1.82) is 0 Å². The molecule has 0 aromatic heterocycles. The predicted octanol–water partition coefficient (Wildman–Crippen LogP) is 0.928. The first kappa shape index (κ1) is 9.25. The lowest BCUT2D eigenvalue weighted by atomic mass is 10.2. The van der Waals surface area contributed by atoms with Crippen molar-refractivity contribution in [1.82, 2.24) is 0 Å². The summed E-state index contributed by atoms with van der Waals surface area (Å²) >= 11 is 0. The van der Waals surface area contributed by atoms with E-state index in [4.69, 9.17) is 0 Å². The Morgan fingerprint density at radius 3 is 2.46 bits per heavy atom. The topological polar surface area (TPSA) is 55.4 Å². The molecule has 1 amide bonds. The zero-order valence-corrected chi connectivity index (χ0v) is 6.90. The molecule has 0 fully saturated rings. The Labute approximate surface area is 75.5 Å². The number of anilines is 1. The van der Waals surface area contributed by atoms with Gasteiger partial charge in [-0.3, -0.25) is 9.59 Å². The average molecular weight is 179 g/mol. The van der Waals surface area contributed by atoms with E-state index in [0.717, 1.165) is 5.56 Å². The van der Waals surface area contributed by atoms with E-state index in [2.05, 4.69) is 10.1 Å². The maximum atomic E-state index is 10.0. The molecule has 0 spiro atoms. The predicted molar refractivity (Wildman–Crippen MR) is 47.0 cm³/mol. The first-order valence-corrected chi connectivity index (χ1v) is 3.71. The van der Waals surface area contributed by atoms with Gasteiger partial charge in [-0.05, 0) is 17.7 Å². The third-order valence-corrected chi connectivity index (χ3v) is 1.50. The van der Waals surface area contributed by atoms with Gasteiger partial charge in [0.15, 0.2) is 0 Å². The molecule has 0 atom stereocenters. The molecule has 0 saturated heterocycles. The fraction of sp³-hybridized carbons (Fsp3) is 0.111. The highest BCUT2D eigenvalue weighted by Gasteiger charge is 1.93. The summed E-state index contributed by atoms with van der Waals surface area (Å²) < 4.78 is 4.55. The monoisotopic (exact) mass is 179 g/mol. The average Bonchev–Trinajstić information content (AvgIpc) is 2.17. The molecule has 1 aromatic carbocycles. The van der Waals surface area contributed by atoms with Crippen molar-refractivity contribution in [3.05, 3.63) is 29.8 Å². The van der Waals surface area contributed by atoms with Crippen molar-refractivity contribution >= 4 is 18.6 Å². The SMILES string of the molecule is O=CNc1ccc(COC=O)cc1. The maximum Gasteiger partial charge on any atom is 0.293 e. The summed E-state index contributed by atoms with van der Waals surface area (Å²) in [5, 5.41) is 2.50. The minimum atomic E-state index is 0.255. The summed E-state index contributed by atoms with van der Waals surface area (Å²) in [5.74, 6) is 0. The standard InChI is InChI=1S/C9H9NO3/c11-6-10-9-3-1-8(2-4-9)5-13-7-12/h1-4,6-7H,5H2,(H,10,11). The van der Waals surface area contributed by atoms with Crippen LogP contribution in [0, 0.1) is 0 Å². The molecule has 0 aliphatic heterocycles. The molecule has 1 rings (SSSR count). The molecule has 0 saturated carbocycles. The molecule has 0 radical (unpaired) electrons. The number of ether oxygens (including phenoxy) is 1. The van der Waals surface area contributed by atoms with Crippen molar-refractivity contribution in [2.24, 2.45) is 0 Å². The maximum absolute atomic E-state index is 10.0. The number of amides is 1. The van der Waals surface area contributed by atoms with Gasteiger partial charge in [0.1, 0.15) is 6.61 Å². The van der Waals surface area contributed by atoms with Gasteiger partial charge in [-0.25, -0.2) is 0 Å². The summed E-state index contributed by atoms with van der Waals surface area (Å²) in [4.78, 5) is 19.9. The minimum Gasteiger partial charge on any atom is -0.463 e. The van der Waals surface area contributed by atoms with Gasteiger partial charge >= 0.3 is 0 Å². The van der Waals surface area contributed by atoms with Crippen molar-refractivity contribution < 1.29 is 14.3 Å². The lowest BCUT2D eigenvalue weighted by Gasteiger charge is -2.01. The highest BCUT2D eigenvalue weighted by molar-refractivity contribution is 5.70. The fourth-order valence-electron chi connectivity index (χ4n) is 0.895. The van der Waals surface area contributed by atoms with E-state index in [9.17, 15) is 9.59 Å². The van der Waals surface area contributed by atoms with Crippen LogP contribution in [-0.4, -0.2) is 12.9 Å². The molecule has 0 aliphatic carbocycles. The largest absolute Gasteiger partial charge is 0.463 e. The molecule has 0 heterocycles. The number of rotatable bonds is 5. The second-order valence-corrected chi connectivity index (χ2v) is 2.37. The zero-order valence-electron chi connectivity index (χ0n) is 6.90. The molecular weight excluding hydrogens is 170 g/mol. The van der Waals surface area contributed by atoms with E-state index >= 15 is 0 Å². The second kappa shape index (κ2) is 4.92. The van der Waals surface area contributed by atoms with Crippen molar-refractivity contribution in [2.75, 3.05) is 5.32 Å². The van der Waals surface area contributed by atoms with Gasteiger partial charge < -0.3 is 10.1 Å². The summed E-state index contributed by atoms with van der Waals surface area (Å²) in [5.41, 5.74) is 1.59. The molecule has 0 bridgehead atoms. The number of benzene rings is 1. The Morgan fingerprint density at radius 1 is 1.23 bits per heavy atom. The Kier molecular flexibility index (Phi) is 3.50. The second-order valence-electron chi connectivity index (χ2n) is 2.37. The molecule has 4 nitrogen and oxygen atoms in total. The molecule has 1 N–H and O–H groups in total. The highest BCUT2D eigenvalue weighted by Crippen LogP contribution is 2.08. The van der Waals surface area contributed by atoms with Crippen molar-refractivity contribution in [2.45, 2.75) is 6.61 Å². The molecule has 0 unspecified atom stereocenters. The van der Waals surface area contributed by atoms with Crippen LogP contribution in [0.5, 0.6) is 0 Å². The van der Waals surface area contributed by atoms with Crippen LogP contribution in [0.3, 0.4) is 0 Å². The number of hydrogen-bond acceptors (Lipinski definition) is 3. The van der Waals surface area contributed by atoms with Gasteiger partial charge in [-0.2, -0.15) is 0 Å². The van der Waals surface area contributed by atoms with E-state index in [1.165, 1.54) is 0 Å². The molecule has 68 valence electrons. The normalized spacial score (nSPS) is 8.92. The van der Waals surface area contributed by atoms with E-state index in [1.807, 2.05) is 0 Å². The van der Waals surface area contributed by atoms with Crippen LogP contribution in [0.25, 0.3) is 0 Å². The Balaban J connectivity index is 2.58. The summed E-state index contributed by atoms with van der Waals surface area (Å²) in [7, 11) is 0. The van der Waals surface area contributed by atoms with E-state index in [1.54, 1.807) is 24.3 Å². The third kappa shape index (κ3) is 2.94. The first-order chi connectivity index (χ1) is 6.36. The fourth-order valence-corrected chi connectivity index (χ4v) is 0.895. The quantitative estimate of drug-likeness (QED) is 0.684. The van der Waals surface area contributed by atoms with Crippen LogP contribution in [0.15, 0.2) is 24.3 Å². The number of carbonyl (C=O) groups excluding carboxylic acids is 2. The van der Waals surface area contributed by atoms with E-state index < -0.39 is 0 Å². The molecule has 4 heteroatoms. The van der Waals surface area contributed by atoms with Gasteiger partial charge in [0.2, 0.25) is 6.41 Å². The van der Waals surface area contributed by atoms with Crippen LogP contribution >= 0.6 is 0 Å². The van der Waals surface area contributed by atoms with E-state index in [0.29, 0.717) is 18.6 Å². The molecule has 13 heavy (non-hydrogen) atoms. The van der Waals surface area contributed by atoms with Gasteiger partial charge in [-0.1, -0.05) is 12.1 Å². The summed E-state index contributed by atoms with van der Waals surface area (Å²) in [6.07, 6.45) is 0.608. The van der Waals surface area contributed by atoms with Crippen LogP contribution in [-0.2, 0) is 20.9 Å². The zero-order chi connectivity index (χ0) is 9.52. The number of nitrogens with one attached hydrogen (secondary N) is 1. The summed E-state index contributed by atoms with van der Waals surface area (Å²) in [6.45, 7) is 0.655. The Morgan fingerprint density at radius 2 is 1.92 bits per heavy atom. The molecule has 1 aromatic rings. The van der Waals surface area contributed by atoms with E-state index in [-0.39, 0.29) is 6.61 Å². The van der Waals surface area contributed by atoms with Crippen molar-refractivity contribution in [3.8, 4) is 0 Å². The lowest BCUT2D eigenvalue weighted by Crippen LogP contribution is -1.94. The van der Waals surface area contributed by atoms with Crippen molar-refractivity contribution in [3.63, 3.8) is 0 Å². The highest BCUT2D eigenvalue weighted by atomic mass is 16.5. The smallest absolute Gasteiger partial charge is 0.293 e. The lowest BCUT2D eigenvalue weighted by molar-refractivity contribution is -0.129. The van der Waals surface area contributed by atoms with Crippen LogP contribution < -0.4 is 5.32 Å². The third-order valence-electron chi connectivity index (χ3n) is 1.50. The van der Waals surface area contributed by atoms with Crippen LogP contribution in [0.1, 0.15) is 5.56 Å². The van der Waals surface area contributed by atoms with Gasteiger partial charge in [0.25, 0.3) is 6.47 Å². The number of carbonyl (C=O) groups is 2. The number of hydrogen-bond donors (Lipinski definition) is 1. The minimum absolute atomic E-state index is 0.255. The van der Waals surface area contributed by atoms with Gasteiger partial charge in [-0.15, -0.1) is 0 Å². The van der Waals surface area contributed by atoms with Gasteiger partial charge in [0, 0.05) is 5.69 Å². The molecule has 0 aliphatic rings. The summed E-state index contributed by atoms with van der Waals surface area (Å²) in [6, 6.07) is 7.01. The van der Waals surface area contributed by atoms with Gasteiger partial charge in [0.05, 0.1) is 0 Å². The Hall–Kier alpha value is -1.84. The molecular formula is C9H9NO3. The first-order valence-electron chi connectivity index (χ1n) is 3.71.